The Morgan fingerprint density at radius 3 is 2.03 bits per heavy atom. The summed E-state index contributed by atoms with van der Waals surface area (Å²) in [5.41, 5.74) is 3.73. The van der Waals surface area contributed by atoms with Crippen LogP contribution in [0.5, 0.6) is 23.0 Å². The van der Waals surface area contributed by atoms with E-state index in [9.17, 15) is 9.90 Å². The Kier molecular flexibility index (Phi) is 7.08. The van der Waals surface area contributed by atoms with Crippen molar-refractivity contribution in [3.63, 3.8) is 0 Å². The van der Waals surface area contributed by atoms with E-state index in [2.05, 4.69) is 10.2 Å². The Hall–Kier alpha value is -5.04. The van der Waals surface area contributed by atoms with Crippen LogP contribution in [-0.4, -0.2) is 35.3 Å². The molecule has 0 atom stereocenters. The zero-order valence-electron chi connectivity index (χ0n) is 21.0. The van der Waals surface area contributed by atoms with Crippen LogP contribution in [0.2, 0.25) is 0 Å². The number of aromatic amines is 1. The Labute approximate surface area is 220 Å². The number of carbonyl (C=O) groups excluding carboxylic acids is 1. The fraction of sp³-hybridized carbons (Fsp3) is 0.0968. The fourth-order valence-corrected chi connectivity index (χ4v) is 4.22. The predicted octanol–water partition coefficient (Wildman–Crippen LogP) is 6.28. The van der Waals surface area contributed by atoms with Gasteiger partial charge in [0, 0.05) is 11.1 Å². The average molecular weight is 507 g/mol. The van der Waals surface area contributed by atoms with E-state index in [-0.39, 0.29) is 23.7 Å². The summed E-state index contributed by atoms with van der Waals surface area (Å²) in [6.07, 6.45) is 0. The van der Waals surface area contributed by atoms with Crippen LogP contribution in [0.1, 0.15) is 21.5 Å². The highest BCUT2D eigenvalue weighted by molar-refractivity contribution is 6.18. The van der Waals surface area contributed by atoms with Crippen LogP contribution in [0.15, 0.2) is 97.1 Å². The number of ketones is 1. The smallest absolute Gasteiger partial charge is 0.204 e. The zero-order chi connectivity index (χ0) is 26.5. The second-order valence-electron chi connectivity index (χ2n) is 8.53. The van der Waals surface area contributed by atoms with E-state index in [4.69, 9.17) is 14.2 Å². The molecule has 0 bridgehead atoms. The van der Waals surface area contributed by atoms with Crippen LogP contribution >= 0.6 is 0 Å². The molecule has 0 radical (unpaired) electrons. The first kappa shape index (κ1) is 24.6. The highest BCUT2D eigenvalue weighted by atomic mass is 16.5. The maximum Gasteiger partial charge on any atom is 0.204 e. The third-order valence-electron chi connectivity index (χ3n) is 6.20. The molecule has 0 aliphatic heterocycles. The summed E-state index contributed by atoms with van der Waals surface area (Å²) < 4.78 is 16.6. The van der Waals surface area contributed by atoms with Gasteiger partial charge in [-0.25, -0.2) is 0 Å². The van der Waals surface area contributed by atoms with Crippen molar-refractivity contribution in [2.24, 2.45) is 0 Å². The molecular formula is C31H26N2O5. The van der Waals surface area contributed by atoms with E-state index < -0.39 is 5.78 Å². The van der Waals surface area contributed by atoms with E-state index in [0.717, 1.165) is 11.1 Å². The van der Waals surface area contributed by atoms with Gasteiger partial charge in [-0.1, -0.05) is 36.4 Å². The van der Waals surface area contributed by atoms with E-state index in [1.165, 1.54) is 6.07 Å². The summed E-state index contributed by atoms with van der Waals surface area (Å²) in [6, 6.07) is 29.0. The molecule has 190 valence electrons. The van der Waals surface area contributed by atoms with Gasteiger partial charge in [0.2, 0.25) is 5.78 Å². The van der Waals surface area contributed by atoms with Gasteiger partial charge in [0.1, 0.15) is 40.9 Å². The van der Waals surface area contributed by atoms with E-state index in [1.807, 2.05) is 66.7 Å². The molecular weight excluding hydrogens is 480 g/mol. The van der Waals surface area contributed by atoms with E-state index in [1.54, 1.807) is 38.5 Å². The molecule has 4 aromatic carbocycles. The SMILES string of the molecule is COc1ccc(-c2n[nH]c(-c3ccc(OC)cc3)c2C(=O)c2c(O)cccc2OCc2ccccc2)cc1. The number of rotatable bonds is 9. The predicted molar refractivity (Wildman–Crippen MR) is 145 cm³/mol. The van der Waals surface area contributed by atoms with Crippen molar-refractivity contribution in [1.82, 2.24) is 10.2 Å². The lowest BCUT2D eigenvalue weighted by molar-refractivity contribution is 0.103. The van der Waals surface area contributed by atoms with Gasteiger partial charge in [0.05, 0.1) is 25.5 Å². The van der Waals surface area contributed by atoms with Crippen LogP contribution in [0, 0.1) is 0 Å². The van der Waals surface area contributed by atoms with Gasteiger partial charge >= 0.3 is 0 Å². The average Bonchev–Trinajstić information content (AvgIpc) is 3.41. The van der Waals surface area contributed by atoms with Crippen LogP contribution in [-0.2, 0) is 6.61 Å². The van der Waals surface area contributed by atoms with Crippen molar-refractivity contribution in [2.45, 2.75) is 6.61 Å². The van der Waals surface area contributed by atoms with Crippen LogP contribution in [0.3, 0.4) is 0 Å². The van der Waals surface area contributed by atoms with Crippen molar-refractivity contribution >= 4 is 5.78 Å². The topological polar surface area (TPSA) is 93.7 Å². The molecule has 0 fully saturated rings. The van der Waals surface area contributed by atoms with Crippen molar-refractivity contribution < 1.29 is 24.1 Å². The molecule has 7 nitrogen and oxygen atoms in total. The van der Waals surface area contributed by atoms with Crippen molar-refractivity contribution in [2.75, 3.05) is 14.2 Å². The first-order valence-electron chi connectivity index (χ1n) is 12.0. The van der Waals surface area contributed by atoms with Gasteiger partial charge in [-0.2, -0.15) is 5.10 Å². The Bertz CT molecular complexity index is 1480. The van der Waals surface area contributed by atoms with Gasteiger partial charge in [0.15, 0.2) is 0 Å². The van der Waals surface area contributed by atoms with Gasteiger partial charge in [-0.15, -0.1) is 0 Å². The summed E-state index contributed by atoms with van der Waals surface area (Å²) in [5, 5.41) is 18.4. The molecule has 1 aromatic heterocycles. The minimum atomic E-state index is -0.420. The number of nitrogens with one attached hydrogen (secondary N) is 1. The quantitative estimate of drug-likeness (QED) is 0.229. The summed E-state index contributed by atoms with van der Waals surface area (Å²) in [6.45, 7) is 0.243. The molecule has 1 heterocycles. The highest BCUT2D eigenvalue weighted by Gasteiger charge is 2.28. The summed E-state index contributed by atoms with van der Waals surface area (Å²) in [4.78, 5) is 14.2. The standard InChI is InChI=1S/C31H26N2O5/c1-36-23-15-11-21(12-16-23)29-28(30(33-32-29)22-13-17-24(37-2)18-14-22)31(35)27-25(34)9-6-10-26(27)38-19-20-7-4-3-5-8-20/h3-18,34H,19H2,1-2H3,(H,32,33). The Morgan fingerprint density at radius 1 is 0.763 bits per heavy atom. The third kappa shape index (κ3) is 4.95. The van der Waals surface area contributed by atoms with Crippen molar-refractivity contribution in [3.05, 3.63) is 114 Å². The summed E-state index contributed by atoms with van der Waals surface area (Å²) >= 11 is 0. The number of aromatic hydroxyl groups is 1. The maximum absolute atomic E-state index is 14.2. The molecule has 0 amide bonds. The number of H-pyrrole nitrogens is 1. The van der Waals surface area contributed by atoms with Crippen LogP contribution in [0.25, 0.3) is 22.5 Å². The number of hydrogen-bond donors (Lipinski definition) is 2. The normalized spacial score (nSPS) is 10.7. The number of phenolic OH excluding ortho intramolecular Hbond substituents is 1. The maximum atomic E-state index is 14.2. The second-order valence-corrected chi connectivity index (χ2v) is 8.53. The van der Waals surface area contributed by atoms with Gasteiger partial charge < -0.3 is 19.3 Å². The molecule has 0 saturated carbocycles. The van der Waals surface area contributed by atoms with Crippen molar-refractivity contribution in [1.29, 1.82) is 0 Å². The number of carbonyl (C=O) groups is 1. The zero-order valence-corrected chi connectivity index (χ0v) is 21.0. The number of hydrogen-bond acceptors (Lipinski definition) is 6. The molecule has 0 aliphatic rings. The lowest BCUT2D eigenvalue weighted by atomic mass is 9.94. The first-order valence-corrected chi connectivity index (χ1v) is 12.0. The first-order chi connectivity index (χ1) is 18.6. The number of benzene rings is 4. The molecule has 0 unspecified atom stereocenters. The summed E-state index contributed by atoms with van der Waals surface area (Å²) in [5.74, 6) is 1.06. The fourth-order valence-electron chi connectivity index (χ4n) is 4.22. The molecule has 0 spiro atoms. The molecule has 0 saturated heterocycles. The minimum absolute atomic E-state index is 0.0642. The molecule has 2 N–H and O–H groups in total. The molecule has 7 heteroatoms. The van der Waals surface area contributed by atoms with Gasteiger partial charge in [0.25, 0.3) is 0 Å². The second kappa shape index (κ2) is 10.9. The molecule has 5 aromatic rings. The number of nitrogens with zero attached hydrogens (tertiary/aromatic N) is 1. The van der Waals surface area contributed by atoms with Gasteiger partial charge in [-0.05, 0) is 66.2 Å². The number of methoxy groups -OCH3 is 2. The van der Waals surface area contributed by atoms with Crippen LogP contribution < -0.4 is 14.2 Å². The lowest BCUT2D eigenvalue weighted by Gasteiger charge is -2.14. The third-order valence-corrected chi connectivity index (χ3v) is 6.20. The minimum Gasteiger partial charge on any atom is -0.507 e. The lowest BCUT2D eigenvalue weighted by Crippen LogP contribution is -2.08. The summed E-state index contributed by atoms with van der Waals surface area (Å²) in [7, 11) is 3.19. The van der Waals surface area contributed by atoms with Crippen LogP contribution in [0.4, 0.5) is 0 Å². The number of aromatic nitrogens is 2. The largest absolute Gasteiger partial charge is 0.507 e. The highest BCUT2D eigenvalue weighted by Crippen LogP contribution is 2.38. The number of phenols is 1. The van der Waals surface area contributed by atoms with Crippen molar-refractivity contribution in [3.8, 4) is 45.5 Å². The monoisotopic (exact) mass is 506 g/mol. The molecule has 0 aliphatic carbocycles. The Morgan fingerprint density at radius 2 is 1.39 bits per heavy atom. The molecule has 5 rings (SSSR count). The number of ether oxygens (including phenoxy) is 3. The molecule has 38 heavy (non-hydrogen) atoms. The van der Waals surface area contributed by atoms with E-state index >= 15 is 0 Å². The van der Waals surface area contributed by atoms with E-state index in [0.29, 0.717) is 34.0 Å². The Balaban J connectivity index is 1.62. The van der Waals surface area contributed by atoms with Gasteiger partial charge in [-0.3, -0.25) is 9.89 Å².